The number of nitro benzene ring substituents is 1. The highest BCUT2D eigenvalue weighted by atomic mass is 79.9. The highest BCUT2D eigenvalue weighted by Gasteiger charge is 2.55. The number of nitro groups is 1. The molecule has 0 spiro atoms. The Hall–Kier alpha value is -4.23. The number of fused-ring (bicyclic) bond motifs is 1. The van der Waals surface area contributed by atoms with Crippen molar-refractivity contribution in [1.82, 2.24) is 4.98 Å². The lowest BCUT2D eigenvalue weighted by Crippen LogP contribution is -2.39. The second-order valence-corrected chi connectivity index (χ2v) is 11.7. The summed E-state index contributed by atoms with van der Waals surface area (Å²) in [5.41, 5.74) is 2.32. The molecule has 11 nitrogen and oxygen atoms in total. The number of allylic oxidation sites excluding steroid dienone is 1. The number of hydrogen-bond acceptors (Lipinski definition) is 9. The molecule has 1 aromatic heterocycles. The monoisotopic (exact) mass is 663 g/mol. The van der Waals surface area contributed by atoms with E-state index in [1.807, 2.05) is 6.07 Å². The molecule has 2 aromatic carbocycles. The number of amides is 2. The molecule has 2 aliphatic rings. The predicted octanol–water partition coefficient (Wildman–Crippen LogP) is 4.25. The zero-order valence-electron chi connectivity index (χ0n) is 23.4. The van der Waals surface area contributed by atoms with Gasteiger partial charge >= 0.3 is 0 Å². The number of imide groups is 1. The lowest BCUT2D eigenvalue weighted by molar-refractivity contribution is -0.384. The Morgan fingerprint density at radius 2 is 1.91 bits per heavy atom. The number of non-ortho nitro benzene ring substituents is 1. The summed E-state index contributed by atoms with van der Waals surface area (Å²) in [5.74, 6) is -4.02. The summed E-state index contributed by atoms with van der Waals surface area (Å²) in [4.78, 5) is 43.2. The molecular formula is C32H30BrN3O8. The summed E-state index contributed by atoms with van der Waals surface area (Å²) >= 11 is 3.41. The number of carbonyl (C=O) groups excluding carboxylic acids is 2. The van der Waals surface area contributed by atoms with Gasteiger partial charge in [-0.25, -0.2) is 4.90 Å². The standard InChI is InChI=1S/C32H30BrN3O8/c33-21-8-10-27(39)19(13-21)12-18(26-6-1-2-11-34-26)7-9-28(40)29-20(16-37)14-24-30(25(29)17-38)32(42)35(31(24)41)22-4-3-5-23(15-22)36(43)44/h1-6,8,10-13,15,24-25,28,30,37-40H,7,9,14,16-17H2/b18-12-/t24-,25+,28-,30-/m1/s1. The van der Waals surface area contributed by atoms with Crippen LogP contribution >= 0.6 is 15.9 Å². The summed E-state index contributed by atoms with van der Waals surface area (Å²) in [6.45, 7) is -1.05. The maximum absolute atomic E-state index is 13.7. The molecule has 0 bridgehead atoms. The molecular weight excluding hydrogens is 634 g/mol. The van der Waals surface area contributed by atoms with Crippen LogP contribution in [0.3, 0.4) is 0 Å². The van der Waals surface area contributed by atoms with Gasteiger partial charge < -0.3 is 20.4 Å². The number of aromatic hydroxyl groups is 1. The van der Waals surface area contributed by atoms with Gasteiger partial charge in [0.2, 0.25) is 11.8 Å². The number of carbonyl (C=O) groups is 2. The molecule has 1 aliphatic heterocycles. The molecule has 4 atom stereocenters. The Balaban J connectivity index is 1.44. The van der Waals surface area contributed by atoms with Crippen LogP contribution in [0.5, 0.6) is 5.75 Å². The van der Waals surface area contributed by atoms with Gasteiger partial charge in [0.15, 0.2) is 0 Å². The SMILES string of the molecule is O=C1[C@@H]2[C@@H](CC(CO)=C([C@H](O)CC/C(=C/c3cc(Br)ccc3O)c3ccccn3)[C@@H]2CO)C(=O)N1c1cccc([N+](=O)[O-])c1. The summed E-state index contributed by atoms with van der Waals surface area (Å²) in [5, 5.41) is 54.1. The second-order valence-electron chi connectivity index (χ2n) is 10.8. The van der Waals surface area contributed by atoms with Gasteiger partial charge in [0, 0.05) is 34.3 Å². The van der Waals surface area contributed by atoms with E-state index in [0.29, 0.717) is 28.0 Å². The number of aliphatic hydroxyl groups excluding tert-OH is 3. The van der Waals surface area contributed by atoms with E-state index in [1.54, 1.807) is 42.6 Å². The van der Waals surface area contributed by atoms with E-state index in [-0.39, 0.29) is 36.4 Å². The molecule has 1 saturated heterocycles. The second kappa shape index (κ2) is 13.2. The molecule has 44 heavy (non-hydrogen) atoms. The van der Waals surface area contributed by atoms with Gasteiger partial charge in [-0.2, -0.15) is 0 Å². The molecule has 0 radical (unpaired) electrons. The molecule has 228 valence electrons. The number of benzene rings is 2. The zero-order chi connectivity index (χ0) is 31.5. The van der Waals surface area contributed by atoms with Gasteiger partial charge in [0.05, 0.1) is 47.5 Å². The van der Waals surface area contributed by atoms with Crippen LogP contribution in [0.2, 0.25) is 0 Å². The van der Waals surface area contributed by atoms with Crippen molar-refractivity contribution < 1.29 is 34.9 Å². The van der Waals surface area contributed by atoms with Crippen molar-refractivity contribution in [3.63, 3.8) is 0 Å². The highest BCUT2D eigenvalue weighted by Crippen LogP contribution is 2.47. The van der Waals surface area contributed by atoms with Crippen LogP contribution < -0.4 is 4.90 Å². The fraction of sp³-hybridized carbons (Fsp3) is 0.281. The first-order valence-corrected chi connectivity index (χ1v) is 14.8. The van der Waals surface area contributed by atoms with Crippen molar-refractivity contribution in [2.45, 2.75) is 25.4 Å². The summed E-state index contributed by atoms with van der Waals surface area (Å²) in [7, 11) is 0. The topological polar surface area (TPSA) is 174 Å². The van der Waals surface area contributed by atoms with Crippen LogP contribution in [0, 0.1) is 27.9 Å². The van der Waals surface area contributed by atoms with Crippen LogP contribution in [0.15, 0.2) is 82.5 Å². The molecule has 12 heteroatoms. The molecule has 0 saturated carbocycles. The molecule has 5 rings (SSSR count). The summed E-state index contributed by atoms with van der Waals surface area (Å²) < 4.78 is 0.761. The third-order valence-corrected chi connectivity index (χ3v) is 8.72. The number of anilines is 1. The molecule has 1 fully saturated rings. The van der Waals surface area contributed by atoms with Crippen molar-refractivity contribution in [3.8, 4) is 5.75 Å². The Morgan fingerprint density at radius 3 is 2.59 bits per heavy atom. The lowest BCUT2D eigenvalue weighted by atomic mass is 9.68. The predicted molar refractivity (Wildman–Crippen MR) is 165 cm³/mol. The van der Waals surface area contributed by atoms with Crippen molar-refractivity contribution in [2.24, 2.45) is 17.8 Å². The van der Waals surface area contributed by atoms with E-state index in [9.17, 15) is 40.1 Å². The van der Waals surface area contributed by atoms with Crippen LogP contribution in [0.1, 0.15) is 30.5 Å². The number of pyridine rings is 1. The van der Waals surface area contributed by atoms with E-state index < -0.39 is 53.8 Å². The molecule has 2 amide bonds. The number of hydrogen-bond donors (Lipinski definition) is 4. The minimum absolute atomic E-state index is 0.00505. The quantitative estimate of drug-likeness (QED) is 0.107. The molecule has 2 heterocycles. The normalized spacial score (nSPS) is 21.0. The Morgan fingerprint density at radius 1 is 1.11 bits per heavy atom. The molecule has 3 aromatic rings. The maximum Gasteiger partial charge on any atom is 0.271 e. The van der Waals surface area contributed by atoms with Gasteiger partial charge in [-0.1, -0.05) is 28.1 Å². The van der Waals surface area contributed by atoms with E-state index in [2.05, 4.69) is 20.9 Å². The number of phenolic OH excluding ortho intramolecular Hbond substituents is 1. The van der Waals surface area contributed by atoms with Crippen LogP contribution in [-0.4, -0.2) is 61.5 Å². The summed E-state index contributed by atoms with van der Waals surface area (Å²) in [6.07, 6.45) is 2.62. The van der Waals surface area contributed by atoms with Crippen molar-refractivity contribution in [2.75, 3.05) is 18.1 Å². The first-order chi connectivity index (χ1) is 21.1. The zero-order valence-corrected chi connectivity index (χ0v) is 25.0. The lowest BCUT2D eigenvalue weighted by Gasteiger charge is -2.36. The fourth-order valence-electron chi connectivity index (χ4n) is 6.21. The van der Waals surface area contributed by atoms with Gasteiger partial charge in [-0.3, -0.25) is 24.7 Å². The smallest absolute Gasteiger partial charge is 0.271 e. The van der Waals surface area contributed by atoms with Gasteiger partial charge in [-0.15, -0.1) is 0 Å². The Bertz CT molecular complexity index is 1660. The average molecular weight is 665 g/mol. The largest absolute Gasteiger partial charge is 0.507 e. The number of phenols is 1. The fourth-order valence-corrected chi connectivity index (χ4v) is 6.59. The number of nitrogens with zero attached hydrogens (tertiary/aromatic N) is 3. The van der Waals surface area contributed by atoms with E-state index in [4.69, 9.17) is 0 Å². The van der Waals surface area contributed by atoms with E-state index in [1.165, 1.54) is 18.2 Å². The molecule has 4 N–H and O–H groups in total. The average Bonchev–Trinajstić information content (AvgIpc) is 3.28. The van der Waals surface area contributed by atoms with E-state index in [0.717, 1.165) is 15.4 Å². The molecule has 0 unspecified atom stereocenters. The van der Waals surface area contributed by atoms with E-state index >= 15 is 0 Å². The minimum atomic E-state index is -1.19. The van der Waals surface area contributed by atoms with Crippen LogP contribution in [0.25, 0.3) is 11.6 Å². The number of aliphatic hydroxyl groups is 3. The van der Waals surface area contributed by atoms with Crippen molar-refractivity contribution >= 4 is 50.8 Å². The summed E-state index contributed by atoms with van der Waals surface area (Å²) in [6, 6.07) is 15.6. The first kappa shape index (κ1) is 31.2. The first-order valence-electron chi connectivity index (χ1n) is 14.0. The third kappa shape index (κ3) is 6.06. The number of halogens is 1. The Labute approximate surface area is 261 Å². The number of aromatic nitrogens is 1. The minimum Gasteiger partial charge on any atom is -0.507 e. The van der Waals surface area contributed by atoms with Gasteiger partial charge in [0.25, 0.3) is 5.69 Å². The third-order valence-electron chi connectivity index (χ3n) is 8.23. The van der Waals surface area contributed by atoms with Crippen LogP contribution in [0.4, 0.5) is 11.4 Å². The number of rotatable bonds is 10. The molecule has 1 aliphatic carbocycles. The van der Waals surface area contributed by atoms with Gasteiger partial charge in [0.1, 0.15) is 5.75 Å². The van der Waals surface area contributed by atoms with Crippen molar-refractivity contribution in [1.29, 1.82) is 0 Å². The Kier molecular flexibility index (Phi) is 9.35. The van der Waals surface area contributed by atoms with Gasteiger partial charge in [-0.05, 0) is 78.5 Å². The highest BCUT2D eigenvalue weighted by molar-refractivity contribution is 9.10. The van der Waals surface area contributed by atoms with Crippen molar-refractivity contribution in [3.05, 3.63) is 104 Å². The van der Waals surface area contributed by atoms with Crippen LogP contribution in [-0.2, 0) is 9.59 Å². The maximum atomic E-state index is 13.7.